The topological polar surface area (TPSA) is 32.3 Å². The number of carbonyl (C=O) groups excluding carboxylic acids is 1. The Morgan fingerprint density at radius 2 is 2.20 bits per heavy atom. The molecule has 1 aliphatic heterocycles. The highest BCUT2D eigenvalue weighted by Gasteiger charge is 2.30. The van der Waals surface area contributed by atoms with Gasteiger partial charge in [-0.3, -0.25) is 4.79 Å². The monoisotopic (exact) mass is 282 g/mol. The average molecular weight is 282 g/mol. The SMILES string of the molecule is CCC1CC(=O)N(CC(NC)c2cccc(F)c2F)C1. The Morgan fingerprint density at radius 1 is 1.45 bits per heavy atom. The van der Waals surface area contributed by atoms with Crippen molar-refractivity contribution in [3.63, 3.8) is 0 Å². The minimum absolute atomic E-state index is 0.0916. The van der Waals surface area contributed by atoms with Crippen LogP contribution in [0.25, 0.3) is 0 Å². The predicted molar refractivity (Wildman–Crippen MR) is 73.1 cm³/mol. The van der Waals surface area contributed by atoms with Crippen LogP contribution in [-0.2, 0) is 4.79 Å². The van der Waals surface area contributed by atoms with Gasteiger partial charge in [0.2, 0.25) is 5.91 Å². The van der Waals surface area contributed by atoms with E-state index in [0.717, 1.165) is 12.5 Å². The summed E-state index contributed by atoms with van der Waals surface area (Å²) in [7, 11) is 1.69. The summed E-state index contributed by atoms with van der Waals surface area (Å²) in [5.41, 5.74) is 0.264. The summed E-state index contributed by atoms with van der Waals surface area (Å²) in [6.45, 7) is 3.12. The molecule has 2 rings (SSSR count). The standard InChI is InChI=1S/C15H20F2N2O/c1-3-10-7-14(20)19(8-10)9-13(18-2)11-5-4-6-12(16)15(11)17/h4-6,10,13,18H,3,7-9H2,1-2H3. The van der Waals surface area contributed by atoms with Gasteiger partial charge >= 0.3 is 0 Å². The molecule has 20 heavy (non-hydrogen) atoms. The second kappa shape index (κ2) is 6.31. The molecule has 0 spiro atoms. The summed E-state index contributed by atoms with van der Waals surface area (Å²) in [6.07, 6.45) is 1.51. The van der Waals surface area contributed by atoms with Gasteiger partial charge < -0.3 is 10.2 Å². The molecule has 3 nitrogen and oxygen atoms in total. The Hall–Kier alpha value is -1.49. The van der Waals surface area contributed by atoms with Crippen LogP contribution in [0.1, 0.15) is 31.4 Å². The molecule has 0 aliphatic carbocycles. The number of nitrogens with zero attached hydrogens (tertiary/aromatic N) is 1. The molecule has 1 heterocycles. The van der Waals surface area contributed by atoms with E-state index in [4.69, 9.17) is 0 Å². The smallest absolute Gasteiger partial charge is 0.222 e. The van der Waals surface area contributed by atoms with Gasteiger partial charge in [-0.25, -0.2) is 8.78 Å². The Balaban J connectivity index is 2.13. The number of likely N-dealkylation sites (N-methyl/N-ethyl adjacent to an activating group) is 1. The lowest BCUT2D eigenvalue weighted by Crippen LogP contribution is -2.35. The first-order chi connectivity index (χ1) is 9.56. The third kappa shape index (κ3) is 2.98. The van der Waals surface area contributed by atoms with Crippen molar-refractivity contribution in [3.8, 4) is 0 Å². The maximum Gasteiger partial charge on any atom is 0.222 e. The van der Waals surface area contributed by atoms with Crippen LogP contribution in [0, 0.1) is 17.6 Å². The fourth-order valence-electron chi connectivity index (χ4n) is 2.66. The number of halogens is 2. The largest absolute Gasteiger partial charge is 0.340 e. The van der Waals surface area contributed by atoms with Gasteiger partial charge in [0, 0.05) is 25.1 Å². The fraction of sp³-hybridized carbons (Fsp3) is 0.533. The van der Waals surface area contributed by atoms with Crippen LogP contribution in [0.15, 0.2) is 18.2 Å². The van der Waals surface area contributed by atoms with E-state index >= 15 is 0 Å². The van der Waals surface area contributed by atoms with Crippen LogP contribution >= 0.6 is 0 Å². The zero-order valence-corrected chi connectivity index (χ0v) is 11.8. The molecule has 110 valence electrons. The molecule has 1 amide bonds. The lowest BCUT2D eigenvalue weighted by Gasteiger charge is -2.24. The second-order valence-corrected chi connectivity index (χ2v) is 5.26. The number of benzene rings is 1. The first kappa shape index (κ1) is 14.9. The van der Waals surface area contributed by atoms with E-state index in [9.17, 15) is 13.6 Å². The molecular formula is C15H20F2N2O. The Labute approximate surface area is 118 Å². The van der Waals surface area contributed by atoms with E-state index in [1.807, 2.05) is 0 Å². The van der Waals surface area contributed by atoms with E-state index in [2.05, 4.69) is 12.2 Å². The molecule has 1 aromatic rings. The van der Waals surface area contributed by atoms with Crippen molar-refractivity contribution in [1.29, 1.82) is 0 Å². The Morgan fingerprint density at radius 3 is 2.80 bits per heavy atom. The van der Waals surface area contributed by atoms with Crippen molar-refractivity contribution < 1.29 is 13.6 Å². The van der Waals surface area contributed by atoms with Crippen LogP contribution in [0.2, 0.25) is 0 Å². The summed E-state index contributed by atoms with van der Waals surface area (Å²) >= 11 is 0. The number of likely N-dealkylation sites (tertiary alicyclic amines) is 1. The van der Waals surface area contributed by atoms with Crippen molar-refractivity contribution in [2.45, 2.75) is 25.8 Å². The Bertz CT molecular complexity index is 493. The molecule has 0 radical (unpaired) electrons. The first-order valence-electron chi connectivity index (χ1n) is 6.95. The maximum atomic E-state index is 13.8. The quantitative estimate of drug-likeness (QED) is 0.900. The van der Waals surface area contributed by atoms with Gasteiger partial charge in [0.1, 0.15) is 0 Å². The molecule has 1 aliphatic rings. The molecule has 1 N–H and O–H groups in total. The van der Waals surface area contributed by atoms with E-state index in [0.29, 0.717) is 25.4 Å². The highest BCUT2D eigenvalue weighted by molar-refractivity contribution is 5.78. The number of nitrogens with one attached hydrogen (secondary N) is 1. The van der Waals surface area contributed by atoms with Crippen molar-refractivity contribution in [2.75, 3.05) is 20.1 Å². The highest BCUT2D eigenvalue weighted by atomic mass is 19.2. The highest BCUT2D eigenvalue weighted by Crippen LogP contribution is 2.25. The van der Waals surface area contributed by atoms with Crippen LogP contribution < -0.4 is 5.32 Å². The van der Waals surface area contributed by atoms with E-state index < -0.39 is 17.7 Å². The first-order valence-corrected chi connectivity index (χ1v) is 6.95. The van der Waals surface area contributed by atoms with Crippen LogP contribution in [0.5, 0.6) is 0 Å². The van der Waals surface area contributed by atoms with Crippen molar-refractivity contribution in [2.24, 2.45) is 5.92 Å². The summed E-state index contributed by atoms with van der Waals surface area (Å²) in [6, 6.07) is 3.74. The van der Waals surface area contributed by atoms with E-state index in [-0.39, 0.29) is 11.5 Å². The van der Waals surface area contributed by atoms with Crippen LogP contribution in [0.3, 0.4) is 0 Å². The van der Waals surface area contributed by atoms with Gasteiger partial charge in [0.25, 0.3) is 0 Å². The molecule has 0 saturated carbocycles. The molecular weight excluding hydrogens is 262 g/mol. The minimum atomic E-state index is -0.859. The van der Waals surface area contributed by atoms with Gasteiger partial charge in [-0.1, -0.05) is 25.5 Å². The zero-order chi connectivity index (χ0) is 14.7. The molecule has 2 unspecified atom stereocenters. The number of rotatable bonds is 5. The molecule has 0 bridgehead atoms. The van der Waals surface area contributed by atoms with E-state index in [1.165, 1.54) is 6.07 Å². The molecule has 1 fully saturated rings. The van der Waals surface area contributed by atoms with Gasteiger partial charge in [-0.05, 0) is 19.0 Å². The summed E-state index contributed by atoms with van der Waals surface area (Å²) in [5.74, 6) is -1.24. The predicted octanol–water partition coefficient (Wildman–Crippen LogP) is 2.48. The fourth-order valence-corrected chi connectivity index (χ4v) is 2.66. The summed E-state index contributed by atoms with van der Waals surface area (Å²) < 4.78 is 27.1. The normalized spacial score (nSPS) is 20.5. The molecule has 1 saturated heterocycles. The third-order valence-electron chi connectivity index (χ3n) is 3.98. The van der Waals surface area contributed by atoms with Gasteiger partial charge in [0.15, 0.2) is 11.6 Å². The molecule has 0 aromatic heterocycles. The summed E-state index contributed by atoms with van der Waals surface area (Å²) in [4.78, 5) is 13.6. The molecule has 1 aromatic carbocycles. The number of carbonyl (C=O) groups is 1. The Kier molecular flexibility index (Phi) is 4.70. The number of hydrogen-bond acceptors (Lipinski definition) is 2. The van der Waals surface area contributed by atoms with Crippen molar-refractivity contribution in [1.82, 2.24) is 10.2 Å². The zero-order valence-electron chi connectivity index (χ0n) is 11.8. The van der Waals surface area contributed by atoms with E-state index in [1.54, 1.807) is 18.0 Å². The minimum Gasteiger partial charge on any atom is -0.340 e. The average Bonchev–Trinajstić information content (AvgIpc) is 2.80. The van der Waals surface area contributed by atoms with Crippen molar-refractivity contribution in [3.05, 3.63) is 35.4 Å². The van der Waals surface area contributed by atoms with Crippen LogP contribution in [-0.4, -0.2) is 30.9 Å². The maximum absolute atomic E-state index is 13.8. The van der Waals surface area contributed by atoms with Gasteiger partial charge in [-0.2, -0.15) is 0 Å². The second-order valence-electron chi connectivity index (χ2n) is 5.26. The van der Waals surface area contributed by atoms with Crippen molar-refractivity contribution >= 4 is 5.91 Å². The molecule has 5 heteroatoms. The van der Waals surface area contributed by atoms with Gasteiger partial charge in [0.05, 0.1) is 6.04 Å². The number of amides is 1. The molecule has 2 atom stereocenters. The summed E-state index contributed by atoms with van der Waals surface area (Å²) in [5, 5.41) is 2.97. The third-order valence-corrected chi connectivity index (χ3v) is 3.98. The van der Waals surface area contributed by atoms with Gasteiger partial charge in [-0.15, -0.1) is 0 Å². The number of hydrogen-bond donors (Lipinski definition) is 1. The lowest BCUT2D eigenvalue weighted by molar-refractivity contribution is -0.128. The van der Waals surface area contributed by atoms with Crippen LogP contribution in [0.4, 0.5) is 8.78 Å². The lowest BCUT2D eigenvalue weighted by atomic mass is 10.1.